The van der Waals surface area contributed by atoms with Gasteiger partial charge in [-0.05, 0) is 49.5 Å². The Morgan fingerprint density at radius 3 is 2.70 bits per heavy atom. The number of piperidine rings is 1. The topological polar surface area (TPSA) is 68.0 Å². The van der Waals surface area contributed by atoms with Crippen molar-refractivity contribution in [3.63, 3.8) is 0 Å². The SMILES string of the molecule is NCC(c1ccc2c(c1)OCO2)N1CCC(CO)CC1. The van der Waals surface area contributed by atoms with Crippen LogP contribution in [0.1, 0.15) is 24.4 Å². The first-order valence-corrected chi connectivity index (χ1v) is 7.26. The second-order valence-corrected chi connectivity index (χ2v) is 5.53. The quantitative estimate of drug-likeness (QED) is 0.864. The number of ether oxygens (including phenoxy) is 2. The van der Waals surface area contributed by atoms with Gasteiger partial charge in [0.1, 0.15) is 0 Å². The molecule has 3 N–H and O–H groups in total. The molecule has 5 heteroatoms. The third-order valence-corrected chi connectivity index (χ3v) is 4.35. The molecule has 5 nitrogen and oxygen atoms in total. The van der Waals surface area contributed by atoms with Crippen LogP contribution in [-0.2, 0) is 0 Å². The summed E-state index contributed by atoms with van der Waals surface area (Å²) >= 11 is 0. The Kier molecular flexibility index (Phi) is 4.10. The summed E-state index contributed by atoms with van der Waals surface area (Å²) in [5, 5.41) is 9.22. The average Bonchev–Trinajstić information content (AvgIpc) is 2.96. The molecule has 1 saturated heterocycles. The maximum absolute atomic E-state index is 9.22. The number of aliphatic hydroxyl groups excluding tert-OH is 1. The van der Waals surface area contributed by atoms with E-state index in [1.54, 1.807) is 0 Å². The monoisotopic (exact) mass is 278 g/mol. The number of rotatable bonds is 4. The predicted octanol–water partition coefficient (Wildman–Crippen LogP) is 1.12. The zero-order chi connectivity index (χ0) is 13.9. The molecule has 0 saturated carbocycles. The van der Waals surface area contributed by atoms with Gasteiger partial charge in [-0.3, -0.25) is 4.90 Å². The Hall–Kier alpha value is -1.30. The van der Waals surface area contributed by atoms with Crippen molar-refractivity contribution in [1.29, 1.82) is 0 Å². The van der Waals surface area contributed by atoms with E-state index in [1.165, 1.54) is 5.56 Å². The molecule has 2 aliphatic heterocycles. The van der Waals surface area contributed by atoms with Crippen molar-refractivity contribution in [3.05, 3.63) is 23.8 Å². The number of fused-ring (bicyclic) bond motifs is 1. The Bertz CT molecular complexity index is 458. The molecule has 0 spiro atoms. The minimum absolute atomic E-state index is 0.212. The zero-order valence-electron chi connectivity index (χ0n) is 11.6. The molecule has 0 amide bonds. The van der Waals surface area contributed by atoms with Gasteiger partial charge in [-0.2, -0.15) is 0 Å². The highest BCUT2D eigenvalue weighted by atomic mass is 16.7. The van der Waals surface area contributed by atoms with Crippen LogP contribution in [0.3, 0.4) is 0 Å². The number of nitrogens with two attached hydrogens (primary N) is 1. The first-order chi connectivity index (χ1) is 9.81. The Morgan fingerprint density at radius 2 is 2.00 bits per heavy atom. The summed E-state index contributed by atoms with van der Waals surface area (Å²) in [6, 6.07) is 6.28. The Morgan fingerprint density at radius 1 is 1.25 bits per heavy atom. The van der Waals surface area contributed by atoms with E-state index in [1.807, 2.05) is 12.1 Å². The van der Waals surface area contributed by atoms with Gasteiger partial charge >= 0.3 is 0 Å². The van der Waals surface area contributed by atoms with Crippen molar-refractivity contribution in [2.24, 2.45) is 11.7 Å². The lowest BCUT2D eigenvalue weighted by molar-refractivity contribution is 0.102. The van der Waals surface area contributed by atoms with E-state index in [4.69, 9.17) is 15.2 Å². The van der Waals surface area contributed by atoms with Gasteiger partial charge in [0.05, 0.1) is 0 Å². The fraction of sp³-hybridized carbons (Fsp3) is 0.600. The van der Waals surface area contributed by atoms with Gasteiger partial charge in [0, 0.05) is 19.2 Å². The number of hydrogen-bond donors (Lipinski definition) is 2. The predicted molar refractivity (Wildman–Crippen MR) is 75.7 cm³/mol. The van der Waals surface area contributed by atoms with Crippen LogP contribution in [0.4, 0.5) is 0 Å². The van der Waals surface area contributed by atoms with Crippen LogP contribution in [0.15, 0.2) is 18.2 Å². The van der Waals surface area contributed by atoms with Crippen molar-refractivity contribution < 1.29 is 14.6 Å². The maximum atomic E-state index is 9.22. The first-order valence-electron chi connectivity index (χ1n) is 7.26. The number of aliphatic hydroxyl groups is 1. The van der Waals surface area contributed by atoms with Crippen molar-refractivity contribution >= 4 is 0 Å². The molecule has 0 aliphatic carbocycles. The van der Waals surface area contributed by atoms with Crippen LogP contribution < -0.4 is 15.2 Å². The van der Waals surface area contributed by atoms with Crippen LogP contribution >= 0.6 is 0 Å². The maximum Gasteiger partial charge on any atom is 0.231 e. The van der Waals surface area contributed by atoms with Gasteiger partial charge in [-0.15, -0.1) is 0 Å². The normalized spacial score (nSPS) is 21.1. The van der Waals surface area contributed by atoms with Gasteiger partial charge in [0.25, 0.3) is 0 Å². The zero-order valence-corrected chi connectivity index (χ0v) is 11.6. The van der Waals surface area contributed by atoms with Crippen LogP contribution in [0.25, 0.3) is 0 Å². The number of likely N-dealkylation sites (tertiary alicyclic amines) is 1. The smallest absolute Gasteiger partial charge is 0.231 e. The standard InChI is InChI=1S/C15H22N2O3/c16-8-13(17-5-3-11(9-18)4-6-17)12-1-2-14-15(7-12)20-10-19-14/h1-2,7,11,13,18H,3-6,8-10,16H2. The van der Waals surface area contributed by atoms with Gasteiger partial charge in [-0.25, -0.2) is 0 Å². The van der Waals surface area contributed by atoms with E-state index < -0.39 is 0 Å². The fourth-order valence-electron chi connectivity index (χ4n) is 3.06. The summed E-state index contributed by atoms with van der Waals surface area (Å²) in [5.74, 6) is 2.07. The van der Waals surface area contributed by atoms with Crippen LogP contribution in [0.5, 0.6) is 11.5 Å². The van der Waals surface area contributed by atoms with E-state index in [0.717, 1.165) is 37.4 Å². The van der Waals surface area contributed by atoms with Crippen LogP contribution in [0.2, 0.25) is 0 Å². The van der Waals surface area contributed by atoms with E-state index in [2.05, 4.69) is 11.0 Å². The van der Waals surface area contributed by atoms with Crippen molar-refractivity contribution in [1.82, 2.24) is 4.90 Å². The minimum Gasteiger partial charge on any atom is -0.454 e. The molecule has 1 aromatic carbocycles. The molecule has 2 heterocycles. The molecule has 110 valence electrons. The van der Waals surface area contributed by atoms with E-state index in [-0.39, 0.29) is 6.04 Å². The highest BCUT2D eigenvalue weighted by Crippen LogP contribution is 2.36. The van der Waals surface area contributed by atoms with Crippen LogP contribution in [0, 0.1) is 5.92 Å². The number of benzene rings is 1. The molecule has 0 radical (unpaired) electrons. The molecule has 1 fully saturated rings. The largest absolute Gasteiger partial charge is 0.454 e. The first kappa shape index (κ1) is 13.7. The van der Waals surface area contributed by atoms with Gasteiger partial charge in [-0.1, -0.05) is 6.07 Å². The van der Waals surface area contributed by atoms with Crippen LogP contribution in [-0.4, -0.2) is 43.0 Å². The third-order valence-electron chi connectivity index (χ3n) is 4.35. The molecule has 1 atom stereocenters. The lowest BCUT2D eigenvalue weighted by Crippen LogP contribution is -2.40. The summed E-state index contributed by atoms with van der Waals surface area (Å²) in [5.41, 5.74) is 7.16. The Balaban J connectivity index is 1.73. The Labute approximate surface area is 119 Å². The van der Waals surface area contributed by atoms with Crippen molar-refractivity contribution in [3.8, 4) is 11.5 Å². The molecule has 0 bridgehead atoms. The average molecular weight is 278 g/mol. The van der Waals surface area contributed by atoms with Gasteiger partial charge < -0.3 is 20.3 Å². The fourth-order valence-corrected chi connectivity index (χ4v) is 3.06. The second kappa shape index (κ2) is 5.99. The molecule has 1 aromatic rings. The van der Waals surface area contributed by atoms with Gasteiger partial charge in [0.2, 0.25) is 6.79 Å². The summed E-state index contributed by atoms with van der Waals surface area (Å²) in [7, 11) is 0. The third kappa shape index (κ3) is 2.61. The lowest BCUT2D eigenvalue weighted by atomic mass is 9.95. The summed E-state index contributed by atoms with van der Waals surface area (Å²) in [6.07, 6.45) is 2.08. The number of hydrogen-bond acceptors (Lipinski definition) is 5. The molecule has 2 aliphatic rings. The van der Waals surface area contributed by atoms with E-state index in [0.29, 0.717) is 25.9 Å². The second-order valence-electron chi connectivity index (χ2n) is 5.53. The lowest BCUT2D eigenvalue weighted by Gasteiger charge is -2.37. The van der Waals surface area contributed by atoms with Gasteiger partial charge in [0.15, 0.2) is 11.5 Å². The summed E-state index contributed by atoms with van der Waals surface area (Å²) in [6.45, 7) is 3.16. The number of nitrogens with zero attached hydrogens (tertiary/aromatic N) is 1. The highest BCUT2D eigenvalue weighted by Gasteiger charge is 2.26. The molecular weight excluding hydrogens is 256 g/mol. The molecule has 3 rings (SSSR count). The highest BCUT2D eigenvalue weighted by molar-refractivity contribution is 5.45. The van der Waals surface area contributed by atoms with E-state index >= 15 is 0 Å². The molecule has 20 heavy (non-hydrogen) atoms. The van der Waals surface area contributed by atoms with E-state index in [9.17, 15) is 5.11 Å². The molecule has 0 aromatic heterocycles. The van der Waals surface area contributed by atoms with Crippen molar-refractivity contribution in [2.75, 3.05) is 33.0 Å². The summed E-state index contributed by atoms with van der Waals surface area (Å²) in [4.78, 5) is 2.41. The minimum atomic E-state index is 0.212. The molecule has 1 unspecified atom stereocenters. The molecular formula is C15H22N2O3. The summed E-state index contributed by atoms with van der Waals surface area (Å²) < 4.78 is 10.8. The van der Waals surface area contributed by atoms with Crippen molar-refractivity contribution in [2.45, 2.75) is 18.9 Å².